The minimum atomic E-state index is -0.445. The summed E-state index contributed by atoms with van der Waals surface area (Å²) in [5.41, 5.74) is 3.31. The van der Waals surface area contributed by atoms with Gasteiger partial charge in [-0.25, -0.2) is 4.79 Å². The molecule has 27 heavy (non-hydrogen) atoms. The highest BCUT2D eigenvalue weighted by atomic mass is 16.6. The van der Waals surface area contributed by atoms with Gasteiger partial charge in [-0.2, -0.15) is 5.10 Å². The first-order valence-electron chi connectivity index (χ1n) is 10.0. The SMILES string of the molecule is C[C@@H]1CNCc2c3cccc(C4CCN(C(=O)OC(C)(C)C)CC4)c3nn21. The van der Waals surface area contributed by atoms with Gasteiger partial charge >= 0.3 is 6.09 Å². The van der Waals surface area contributed by atoms with Crippen LogP contribution in [0.15, 0.2) is 18.2 Å². The van der Waals surface area contributed by atoms with E-state index in [4.69, 9.17) is 9.84 Å². The molecule has 0 bridgehead atoms. The molecule has 1 aromatic heterocycles. The second-order valence-electron chi connectivity index (χ2n) is 8.86. The van der Waals surface area contributed by atoms with E-state index in [1.54, 1.807) is 0 Å². The number of fused-ring (bicyclic) bond motifs is 3. The predicted molar refractivity (Wildman–Crippen MR) is 106 cm³/mol. The summed E-state index contributed by atoms with van der Waals surface area (Å²) < 4.78 is 7.71. The van der Waals surface area contributed by atoms with Crippen molar-refractivity contribution in [3.63, 3.8) is 0 Å². The average Bonchev–Trinajstić information content (AvgIpc) is 3.01. The number of carbonyl (C=O) groups excluding carboxylic acids is 1. The summed E-state index contributed by atoms with van der Waals surface area (Å²) in [6, 6.07) is 6.93. The fourth-order valence-electron chi connectivity index (χ4n) is 4.25. The van der Waals surface area contributed by atoms with Gasteiger partial charge in [0.1, 0.15) is 5.60 Å². The number of hydrogen-bond acceptors (Lipinski definition) is 4. The second kappa shape index (κ2) is 6.82. The molecule has 0 aliphatic carbocycles. The Bertz CT molecular complexity index is 844. The fourth-order valence-corrected chi connectivity index (χ4v) is 4.25. The monoisotopic (exact) mass is 370 g/mol. The maximum absolute atomic E-state index is 12.3. The van der Waals surface area contributed by atoms with Crippen LogP contribution in [0.4, 0.5) is 4.79 Å². The van der Waals surface area contributed by atoms with Gasteiger partial charge in [0.25, 0.3) is 0 Å². The lowest BCUT2D eigenvalue weighted by molar-refractivity contribution is 0.0205. The van der Waals surface area contributed by atoms with Crippen molar-refractivity contribution in [2.24, 2.45) is 0 Å². The second-order valence-corrected chi connectivity index (χ2v) is 8.86. The van der Waals surface area contributed by atoms with Crippen molar-refractivity contribution in [1.82, 2.24) is 20.0 Å². The minimum Gasteiger partial charge on any atom is -0.444 e. The van der Waals surface area contributed by atoms with Gasteiger partial charge in [0.05, 0.1) is 17.3 Å². The number of nitrogens with one attached hydrogen (secondary N) is 1. The van der Waals surface area contributed by atoms with Crippen LogP contribution in [0.1, 0.15) is 63.8 Å². The number of nitrogens with zero attached hydrogens (tertiary/aromatic N) is 3. The Kier molecular flexibility index (Phi) is 4.62. The van der Waals surface area contributed by atoms with Crippen molar-refractivity contribution >= 4 is 17.0 Å². The quantitative estimate of drug-likeness (QED) is 0.829. The molecule has 2 aromatic rings. The molecule has 1 saturated heterocycles. The van der Waals surface area contributed by atoms with Gasteiger partial charge in [-0.05, 0) is 52.0 Å². The van der Waals surface area contributed by atoms with Crippen LogP contribution in [-0.4, -0.2) is 46.0 Å². The summed E-state index contributed by atoms with van der Waals surface area (Å²) >= 11 is 0. The first kappa shape index (κ1) is 18.3. The number of ether oxygens (including phenoxy) is 1. The van der Waals surface area contributed by atoms with Crippen molar-refractivity contribution in [2.75, 3.05) is 19.6 Å². The Hall–Kier alpha value is -2.08. The summed E-state index contributed by atoms with van der Waals surface area (Å²) in [5, 5.41) is 9.73. The zero-order valence-corrected chi connectivity index (χ0v) is 16.8. The molecular weight excluding hydrogens is 340 g/mol. The predicted octanol–water partition coefficient (Wildman–Crippen LogP) is 3.82. The molecule has 2 aliphatic heterocycles. The van der Waals surface area contributed by atoms with E-state index in [-0.39, 0.29) is 6.09 Å². The van der Waals surface area contributed by atoms with Crippen molar-refractivity contribution in [3.05, 3.63) is 29.5 Å². The van der Waals surface area contributed by atoms with Gasteiger partial charge in [0, 0.05) is 31.6 Å². The maximum Gasteiger partial charge on any atom is 0.410 e. The van der Waals surface area contributed by atoms with E-state index < -0.39 is 5.60 Å². The van der Waals surface area contributed by atoms with E-state index in [0.717, 1.165) is 44.5 Å². The molecule has 1 aromatic carbocycles. The molecule has 2 aliphatic rings. The van der Waals surface area contributed by atoms with Gasteiger partial charge in [-0.15, -0.1) is 0 Å². The summed E-state index contributed by atoms with van der Waals surface area (Å²) in [6.45, 7) is 11.3. The third-order valence-electron chi connectivity index (χ3n) is 5.60. The molecule has 0 spiro atoms. The lowest BCUT2D eigenvalue weighted by Crippen LogP contribution is -2.41. The molecule has 0 radical (unpaired) electrons. The highest BCUT2D eigenvalue weighted by molar-refractivity contribution is 5.85. The van der Waals surface area contributed by atoms with E-state index in [9.17, 15) is 4.79 Å². The van der Waals surface area contributed by atoms with Gasteiger partial charge in [-0.1, -0.05) is 18.2 Å². The van der Waals surface area contributed by atoms with Crippen molar-refractivity contribution in [3.8, 4) is 0 Å². The molecule has 6 nitrogen and oxygen atoms in total. The first-order valence-corrected chi connectivity index (χ1v) is 10.0. The highest BCUT2D eigenvalue weighted by Gasteiger charge is 2.29. The average molecular weight is 370 g/mol. The minimum absolute atomic E-state index is 0.198. The van der Waals surface area contributed by atoms with E-state index in [2.05, 4.69) is 35.1 Å². The summed E-state index contributed by atoms with van der Waals surface area (Å²) in [6.07, 6.45) is 1.71. The molecule has 0 saturated carbocycles. The lowest BCUT2D eigenvalue weighted by atomic mass is 9.88. The van der Waals surface area contributed by atoms with Crippen LogP contribution in [0.5, 0.6) is 0 Å². The topological polar surface area (TPSA) is 59.4 Å². The van der Waals surface area contributed by atoms with Crippen LogP contribution in [0, 0.1) is 0 Å². The number of likely N-dealkylation sites (tertiary alicyclic amines) is 1. The molecule has 6 heteroatoms. The number of hydrogen-bond donors (Lipinski definition) is 1. The van der Waals surface area contributed by atoms with Gasteiger partial charge in [0.15, 0.2) is 0 Å². The highest BCUT2D eigenvalue weighted by Crippen LogP contribution is 2.35. The summed E-state index contributed by atoms with van der Waals surface area (Å²) in [5.74, 6) is 0.438. The Morgan fingerprint density at radius 1 is 1.26 bits per heavy atom. The number of benzene rings is 1. The number of aromatic nitrogens is 2. The van der Waals surface area contributed by atoms with Crippen LogP contribution < -0.4 is 5.32 Å². The summed E-state index contributed by atoms with van der Waals surface area (Å²) in [7, 11) is 0. The molecule has 0 unspecified atom stereocenters. The number of amides is 1. The third kappa shape index (κ3) is 3.55. The van der Waals surface area contributed by atoms with E-state index >= 15 is 0 Å². The molecule has 1 amide bonds. The Labute approximate surface area is 160 Å². The third-order valence-corrected chi connectivity index (χ3v) is 5.60. The Morgan fingerprint density at radius 2 is 2.00 bits per heavy atom. The first-order chi connectivity index (χ1) is 12.8. The Balaban J connectivity index is 1.54. The number of carbonyl (C=O) groups is 1. The normalized spacial score (nSPS) is 21.3. The number of piperidine rings is 1. The van der Waals surface area contributed by atoms with E-state index in [1.165, 1.54) is 16.6 Å². The van der Waals surface area contributed by atoms with Crippen LogP contribution in [0.2, 0.25) is 0 Å². The zero-order chi connectivity index (χ0) is 19.2. The molecule has 3 heterocycles. The van der Waals surface area contributed by atoms with Crippen molar-refractivity contribution in [2.45, 2.75) is 64.6 Å². The van der Waals surface area contributed by atoms with Crippen molar-refractivity contribution in [1.29, 1.82) is 0 Å². The molecule has 4 rings (SSSR count). The zero-order valence-electron chi connectivity index (χ0n) is 16.8. The fraction of sp³-hybridized carbons (Fsp3) is 0.619. The van der Waals surface area contributed by atoms with Crippen molar-refractivity contribution < 1.29 is 9.53 Å². The van der Waals surface area contributed by atoms with Gasteiger partial charge in [0.2, 0.25) is 0 Å². The van der Waals surface area contributed by atoms with Crippen LogP contribution in [0.3, 0.4) is 0 Å². The number of rotatable bonds is 1. The van der Waals surface area contributed by atoms with Crippen LogP contribution in [-0.2, 0) is 11.3 Å². The maximum atomic E-state index is 12.3. The van der Waals surface area contributed by atoms with Crippen LogP contribution >= 0.6 is 0 Å². The summed E-state index contributed by atoms with van der Waals surface area (Å²) in [4.78, 5) is 14.2. The Morgan fingerprint density at radius 3 is 2.70 bits per heavy atom. The van der Waals surface area contributed by atoms with Crippen LogP contribution in [0.25, 0.3) is 10.9 Å². The molecular formula is C21H30N4O2. The van der Waals surface area contributed by atoms with Gasteiger partial charge in [-0.3, -0.25) is 4.68 Å². The molecule has 146 valence electrons. The molecule has 1 atom stereocenters. The lowest BCUT2D eigenvalue weighted by Gasteiger charge is -2.33. The largest absolute Gasteiger partial charge is 0.444 e. The smallest absolute Gasteiger partial charge is 0.410 e. The van der Waals surface area contributed by atoms with E-state index in [0.29, 0.717) is 12.0 Å². The van der Waals surface area contributed by atoms with E-state index in [1.807, 2.05) is 25.7 Å². The molecule has 1 fully saturated rings. The molecule has 1 N–H and O–H groups in total. The standard InChI is InChI=1S/C21H30N4O2/c1-14-12-22-13-18-17-7-5-6-16(19(17)23-25(14)18)15-8-10-24(11-9-15)20(26)27-21(2,3)4/h5-7,14-15,22H,8-13H2,1-4H3/t14-/m1/s1. The van der Waals surface area contributed by atoms with Gasteiger partial charge < -0.3 is 15.0 Å².